The standard InChI is InChI=1S/C14H15NO/c1-2-6-13(7-3-1)12-16-11-5-9-14-8-4-10-15-14/h1-8,10-11,15H,9,12H2. The number of ether oxygens (including phenoxy) is 1. The van der Waals surface area contributed by atoms with Gasteiger partial charge in [0.2, 0.25) is 0 Å². The zero-order chi connectivity index (χ0) is 11.1. The van der Waals surface area contributed by atoms with Crippen LogP contribution in [0.3, 0.4) is 0 Å². The van der Waals surface area contributed by atoms with Gasteiger partial charge in [-0.05, 0) is 23.8 Å². The average Bonchev–Trinajstić information content (AvgIpc) is 2.83. The summed E-state index contributed by atoms with van der Waals surface area (Å²) in [5, 5.41) is 0. The van der Waals surface area contributed by atoms with E-state index in [9.17, 15) is 0 Å². The molecule has 0 aliphatic rings. The third-order valence-electron chi connectivity index (χ3n) is 2.29. The minimum absolute atomic E-state index is 0.627. The van der Waals surface area contributed by atoms with E-state index in [0.29, 0.717) is 6.61 Å². The van der Waals surface area contributed by atoms with Gasteiger partial charge in [0.05, 0.1) is 6.26 Å². The smallest absolute Gasteiger partial charge is 0.112 e. The predicted octanol–water partition coefficient (Wildman–Crippen LogP) is 3.29. The Morgan fingerprint density at radius 3 is 2.69 bits per heavy atom. The minimum Gasteiger partial charge on any atom is -0.497 e. The van der Waals surface area contributed by atoms with E-state index in [4.69, 9.17) is 4.74 Å². The number of allylic oxidation sites excluding steroid dienone is 1. The molecular formula is C14H15NO. The van der Waals surface area contributed by atoms with Crippen LogP contribution in [-0.2, 0) is 17.8 Å². The normalized spacial score (nSPS) is 10.8. The first-order valence-corrected chi connectivity index (χ1v) is 5.38. The van der Waals surface area contributed by atoms with Crippen LogP contribution in [0.5, 0.6) is 0 Å². The maximum atomic E-state index is 5.42. The van der Waals surface area contributed by atoms with E-state index >= 15 is 0 Å². The highest BCUT2D eigenvalue weighted by Gasteiger charge is 1.89. The van der Waals surface area contributed by atoms with E-state index in [1.165, 1.54) is 11.3 Å². The summed E-state index contributed by atoms with van der Waals surface area (Å²) in [6.45, 7) is 0.627. The fraction of sp³-hybridized carbons (Fsp3) is 0.143. The van der Waals surface area contributed by atoms with Crippen LogP contribution in [0.15, 0.2) is 61.0 Å². The molecule has 16 heavy (non-hydrogen) atoms. The first kappa shape index (κ1) is 10.6. The van der Waals surface area contributed by atoms with Gasteiger partial charge in [-0.1, -0.05) is 30.3 Å². The second kappa shape index (κ2) is 5.81. The molecular weight excluding hydrogens is 198 g/mol. The summed E-state index contributed by atoms with van der Waals surface area (Å²) < 4.78 is 5.42. The lowest BCUT2D eigenvalue weighted by atomic mass is 10.2. The summed E-state index contributed by atoms with van der Waals surface area (Å²) in [5.74, 6) is 0. The summed E-state index contributed by atoms with van der Waals surface area (Å²) >= 11 is 0. The molecule has 2 aromatic rings. The molecule has 0 atom stereocenters. The number of nitrogens with one attached hydrogen (secondary N) is 1. The van der Waals surface area contributed by atoms with Crippen molar-refractivity contribution >= 4 is 0 Å². The lowest BCUT2D eigenvalue weighted by Crippen LogP contribution is -1.86. The predicted molar refractivity (Wildman–Crippen MR) is 64.9 cm³/mol. The zero-order valence-corrected chi connectivity index (χ0v) is 9.10. The van der Waals surface area contributed by atoms with Crippen LogP contribution in [0.25, 0.3) is 0 Å². The molecule has 2 rings (SSSR count). The van der Waals surface area contributed by atoms with Crippen LogP contribution in [0.1, 0.15) is 11.3 Å². The van der Waals surface area contributed by atoms with E-state index in [0.717, 1.165) is 6.42 Å². The molecule has 0 unspecified atom stereocenters. The number of aromatic amines is 1. The lowest BCUT2D eigenvalue weighted by molar-refractivity contribution is 0.235. The van der Waals surface area contributed by atoms with Gasteiger partial charge in [0.15, 0.2) is 0 Å². The van der Waals surface area contributed by atoms with Crippen molar-refractivity contribution in [2.45, 2.75) is 13.0 Å². The topological polar surface area (TPSA) is 25.0 Å². The molecule has 0 spiro atoms. The Bertz CT molecular complexity index is 417. The quantitative estimate of drug-likeness (QED) is 0.757. The van der Waals surface area contributed by atoms with Crippen molar-refractivity contribution < 1.29 is 4.74 Å². The molecule has 82 valence electrons. The highest BCUT2D eigenvalue weighted by atomic mass is 16.5. The Hall–Kier alpha value is -1.96. The molecule has 0 amide bonds. The molecule has 0 aliphatic heterocycles. The maximum Gasteiger partial charge on any atom is 0.112 e. The Morgan fingerprint density at radius 1 is 1.06 bits per heavy atom. The fourth-order valence-corrected chi connectivity index (χ4v) is 1.46. The van der Waals surface area contributed by atoms with Crippen molar-refractivity contribution in [3.05, 3.63) is 72.3 Å². The van der Waals surface area contributed by atoms with E-state index in [2.05, 4.69) is 23.2 Å². The van der Waals surface area contributed by atoms with Gasteiger partial charge in [-0.15, -0.1) is 0 Å². The molecule has 0 saturated carbocycles. The lowest BCUT2D eigenvalue weighted by Gasteiger charge is -1.99. The maximum absolute atomic E-state index is 5.42. The molecule has 2 nitrogen and oxygen atoms in total. The van der Waals surface area contributed by atoms with E-state index < -0.39 is 0 Å². The second-order valence-electron chi connectivity index (χ2n) is 3.57. The van der Waals surface area contributed by atoms with Crippen LogP contribution >= 0.6 is 0 Å². The number of aromatic nitrogens is 1. The van der Waals surface area contributed by atoms with Gasteiger partial charge in [0.1, 0.15) is 6.61 Å². The van der Waals surface area contributed by atoms with Gasteiger partial charge < -0.3 is 9.72 Å². The first-order valence-electron chi connectivity index (χ1n) is 5.38. The van der Waals surface area contributed by atoms with Gasteiger partial charge in [0, 0.05) is 18.3 Å². The van der Waals surface area contributed by atoms with Crippen molar-refractivity contribution in [3.8, 4) is 0 Å². The van der Waals surface area contributed by atoms with Gasteiger partial charge in [-0.2, -0.15) is 0 Å². The van der Waals surface area contributed by atoms with Crippen molar-refractivity contribution in [3.63, 3.8) is 0 Å². The van der Waals surface area contributed by atoms with Crippen LogP contribution in [-0.4, -0.2) is 4.98 Å². The van der Waals surface area contributed by atoms with Crippen molar-refractivity contribution in [1.29, 1.82) is 0 Å². The molecule has 1 aromatic heterocycles. The third-order valence-corrected chi connectivity index (χ3v) is 2.29. The Balaban J connectivity index is 1.70. The van der Waals surface area contributed by atoms with Crippen LogP contribution < -0.4 is 0 Å². The average molecular weight is 213 g/mol. The highest BCUT2D eigenvalue weighted by molar-refractivity contribution is 5.13. The number of rotatable bonds is 5. The zero-order valence-electron chi connectivity index (χ0n) is 9.10. The van der Waals surface area contributed by atoms with Gasteiger partial charge in [-0.25, -0.2) is 0 Å². The SMILES string of the molecule is C(=COCc1ccccc1)Cc1ccc[nH]1. The molecule has 0 fully saturated rings. The van der Waals surface area contributed by atoms with Gasteiger partial charge in [0.25, 0.3) is 0 Å². The summed E-state index contributed by atoms with van der Waals surface area (Å²) in [6, 6.07) is 14.2. The molecule has 0 radical (unpaired) electrons. The summed E-state index contributed by atoms with van der Waals surface area (Å²) in [7, 11) is 0. The minimum atomic E-state index is 0.627. The fourth-order valence-electron chi connectivity index (χ4n) is 1.46. The molecule has 1 heterocycles. The van der Waals surface area contributed by atoms with Gasteiger partial charge >= 0.3 is 0 Å². The summed E-state index contributed by atoms with van der Waals surface area (Å²) in [4.78, 5) is 3.14. The molecule has 0 bridgehead atoms. The van der Waals surface area contributed by atoms with Crippen molar-refractivity contribution in [1.82, 2.24) is 4.98 Å². The van der Waals surface area contributed by atoms with Crippen molar-refractivity contribution in [2.24, 2.45) is 0 Å². The molecule has 1 N–H and O–H groups in total. The van der Waals surface area contributed by atoms with E-state index in [1.807, 2.05) is 36.5 Å². The Labute approximate surface area is 95.6 Å². The summed E-state index contributed by atoms with van der Waals surface area (Å²) in [6.07, 6.45) is 6.57. The molecule has 1 aromatic carbocycles. The molecule has 0 saturated heterocycles. The second-order valence-corrected chi connectivity index (χ2v) is 3.57. The Kier molecular flexibility index (Phi) is 3.83. The molecule has 2 heteroatoms. The number of hydrogen-bond donors (Lipinski definition) is 1. The number of hydrogen-bond acceptors (Lipinski definition) is 1. The Morgan fingerprint density at radius 2 is 1.94 bits per heavy atom. The largest absolute Gasteiger partial charge is 0.497 e. The van der Waals surface area contributed by atoms with Crippen molar-refractivity contribution in [2.75, 3.05) is 0 Å². The van der Waals surface area contributed by atoms with E-state index in [1.54, 1.807) is 6.26 Å². The van der Waals surface area contributed by atoms with Crippen LogP contribution in [0.4, 0.5) is 0 Å². The highest BCUT2D eigenvalue weighted by Crippen LogP contribution is 2.01. The summed E-state index contributed by atoms with van der Waals surface area (Å²) in [5.41, 5.74) is 2.38. The molecule has 0 aliphatic carbocycles. The van der Waals surface area contributed by atoms with Gasteiger partial charge in [-0.3, -0.25) is 0 Å². The number of benzene rings is 1. The van der Waals surface area contributed by atoms with E-state index in [-0.39, 0.29) is 0 Å². The number of H-pyrrole nitrogens is 1. The van der Waals surface area contributed by atoms with Crippen LogP contribution in [0.2, 0.25) is 0 Å². The monoisotopic (exact) mass is 213 g/mol. The van der Waals surface area contributed by atoms with Crippen LogP contribution in [0, 0.1) is 0 Å². The third kappa shape index (κ3) is 3.31. The first-order chi connectivity index (χ1) is 7.95.